The van der Waals surface area contributed by atoms with Crippen LogP contribution in [0.25, 0.3) is 6.08 Å². The van der Waals surface area contributed by atoms with Gasteiger partial charge in [-0.25, -0.2) is 0 Å². The van der Waals surface area contributed by atoms with Crippen molar-refractivity contribution in [3.63, 3.8) is 0 Å². The highest BCUT2D eigenvalue weighted by molar-refractivity contribution is 6.96. The summed E-state index contributed by atoms with van der Waals surface area (Å²) in [6, 6.07) is 8.32. The largest absolute Gasteiger partial charge is 0.638 e. The molecule has 1 aromatic carbocycles. The molecule has 1 atom stereocenters. The van der Waals surface area contributed by atoms with E-state index >= 15 is 0 Å². The summed E-state index contributed by atoms with van der Waals surface area (Å²) in [5, 5.41) is 1.06. The Morgan fingerprint density at radius 1 is 0.531 bits per heavy atom. The van der Waals surface area contributed by atoms with Crippen LogP contribution in [-0.4, -0.2) is 50.9 Å². The normalized spacial score (nSPS) is 16.0. The van der Waals surface area contributed by atoms with Gasteiger partial charge in [0.05, 0.1) is 0 Å². The van der Waals surface area contributed by atoms with Crippen molar-refractivity contribution in [1.29, 1.82) is 0 Å². The molecule has 1 unspecified atom stereocenters. The minimum absolute atomic E-state index is 1.06. The number of hydrogen-bond acceptors (Lipinski definition) is 5. The van der Waals surface area contributed by atoms with E-state index in [0.717, 1.165) is 10.8 Å². The molecule has 0 N–H and O–H groups in total. The van der Waals surface area contributed by atoms with Gasteiger partial charge in [0, 0.05) is 0 Å². The van der Waals surface area contributed by atoms with Gasteiger partial charge in [-0.1, -0.05) is 36.9 Å². The van der Waals surface area contributed by atoms with Gasteiger partial charge in [0.2, 0.25) is 0 Å². The molecule has 0 aliphatic heterocycles. The molecule has 32 heavy (non-hydrogen) atoms. The monoisotopic (exact) mass is 546 g/mol. The molecule has 1 rings (SSSR count). The summed E-state index contributed by atoms with van der Waals surface area (Å²) in [6.07, 6.45) is 1.85. The summed E-state index contributed by atoms with van der Waals surface area (Å²) < 4.78 is 34.3. The van der Waals surface area contributed by atoms with Crippen molar-refractivity contribution in [2.75, 3.05) is 0 Å². The molecular weight excluding hydrogens is 501 g/mol. The number of rotatable bonds is 12. The van der Waals surface area contributed by atoms with Crippen LogP contribution in [0, 0.1) is 0 Å². The van der Waals surface area contributed by atoms with E-state index in [0.29, 0.717) is 0 Å². The standard InChI is InChI=1S/C21H46O5Si6/c1-15-20-16-18-21(19-17-20)31(14,22-27(2,3)4)26-32(23-28(5,6)7,24-29(8,9)10)25-30(11,12)13/h15-19H,1H2,2-14H3. The zero-order valence-corrected chi connectivity index (χ0v) is 28.6. The summed E-state index contributed by atoms with van der Waals surface area (Å²) in [6.45, 7) is 32.0. The molecule has 0 saturated carbocycles. The Bertz CT molecular complexity index is 719. The van der Waals surface area contributed by atoms with Crippen LogP contribution in [0.4, 0.5) is 0 Å². The summed E-state index contributed by atoms with van der Waals surface area (Å²) in [5.41, 5.74) is 1.07. The molecule has 184 valence electrons. The second kappa shape index (κ2) is 10.4. The molecule has 0 aromatic heterocycles. The molecule has 0 fully saturated rings. The first-order chi connectivity index (χ1) is 14.1. The molecule has 0 bridgehead atoms. The Morgan fingerprint density at radius 3 is 1.16 bits per heavy atom. The molecule has 11 heteroatoms. The van der Waals surface area contributed by atoms with Crippen molar-refractivity contribution in [1.82, 2.24) is 0 Å². The Labute approximate surface area is 203 Å². The van der Waals surface area contributed by atoms with Crippen molar-refractivity contribution in [2.45, 2.75) is 85.1 Å². The van der Waals surface area contributed by atoms with Crippen LogP contribution < -0.4 is 5.19 Å². The van der Waals surface area contributed by atoms with Gasteiger partial charge >= 0.3 is 17.6 Å². The van der Waals surface area contributed by atoms with E-state index in [4.69, 9.17) is 20.6 Å². The topological polar surface area (TPSA) is 46.2 Å². The van der Waals surface area contributed by atoms with Gasteiger partial charge in [0.15, 0.2) is 33.3 Å². The Hall–Kier alpha value is 0.0613. The Balaban J connectivity index is 3.70. The highest BCUT2D eigenvalue weighted by atomic mass is 28.6. The van der Waals surface area contributed by atoms with Gasteiger partial charge in [0.1, 0.15) is 0 Å². The number of benzene rings is 1. The highest BCUT2D eigenvalue weighted by Crippen LogP contribution is 2.31. The second-order valence-electron chi connectivity index (χ2n) is 12.2. The lowest BCUT2D eigenvalue weighted by Crippen LogP contribution is -2.70. The molecule has 0 radical (unpaired) electrons. The van der Waals surface area contributed by atoms with E-state index in [1.165, 1.54) is 0 Å². The molecule has 0 aliphatic rings. The van der Waals surface area contributed by atoms with Gasteiger partial charge in [-0.15, -0.1) is 0 Å². The van der Waals surface area contributed by atoms with E-state index in [1.807, 2.05) is 6.08 Å². The third-order valence-electron chi connectivity index (χ3n) is 3.79. The van der Waals surface area contributed by atoms with Crippen LogP contribution in [0.15, 0.2) is 30.8 Å². The fourth-order valence-corrected chi connectivity index (χ4v) is 24.2. The lowest BCUT2D eigenvalue weighted by atomic mass is 10.2. The smallest absolute Gasteiger partial charge is 0.433 e. The maximum atomic E-state index is 7.09. The third kappa shape index (κ3) is 11.0. The second-order valence-corrected chi connectivity index (χ2v) is 36.7. The quantitative estimate of drug-likeness (QED) is 0.281. The average molecular weight is 547 g/mol. The van der Waals surface area contributed by atoms with Gasteiger partial charge in [-0.3, -0.25) is 0 Å². The van der Waals surface area contributed by atoms with E-state index < -0.39 is 50.9 Å². The van der Waals surface area contributed by atoms with Crippen molar-refractivity contribution < 1.29 is 20.6 Å². The number of hydrogen-bond donors (Lipinski definition) is 0. The molecule has 0 amide bonds. The summed E-state index contributed by atoms with van der Waals surface area (Å²) in [4.78, 5) is 0. The van der Waals surface area contributed by atoms with Crippen LogP contribution in [-0.2, 0) is 20.6 Å². The minimum atomic E-state index is -3.52. The van der Waals surface area contributed by atoms with Gasteiger partial charge < -0.3 is 20.6 Å². The summed E-state index contributed by atoms with van der Waals surface area (Å²) in [7, 11) is -14.6. The fourth-order valence-electron chi connectivity index (χ4n) is 3.13. The lowest BCUT2D eigenvalue weighted by Gasteiger charge is -2.46. The highest BCUT2D eigenvalue weighted by Gasteiger charge is 2.59. The molecule has 0 spiro atoms. The van der Waals surface area contributed by atoms with Crippen molar-refractivity contribution in [3.05, 3.63) is 36.4 Å². The molecule has 0 aliphatic carbocycles. The molecule has 0 heterocycles. The minimum Gasteiger partial charge on any atom is -0.433 e. The van der Waals surface area contributed by atoms with Gasteiger partial charge in [0.25, 0.3) is 0 Å². The van der Waals surface area contributed by atoms with E-state index in [-0.39, 0.29) is 0 Å². The first-order valence-electron chi connectivity index (χ1n) is 11.3. The maximum Gasteiger partial charge on any atom is 0.638 e. The summed E-state index contributed by atoms with van der Waals surface area (Å²) >= 11 is 0. The molecule has 5 nitrogen and oxygen atoms in total. The lowest BCUT2D eigenvalue weighted by molar-refractivity contribution is 0.137. The first kappa shape index (κ1) is 30.1. The van der Waals surface area contributed by atoms with Crippen LogP contribution >= 0.6 is 0 Å². The van der Waals surface area contributed by atoms with Crippen LogP contribution in [0.1, 0.15) is 5.56 Å². The van der Waals surface area contributed by atoms with Crippen molar-refractivity contribution in [3.8, 4) is 0 Å². The molecular formula is C21H46O5Si6. The van der Waals surface area contributed by atoms with E-state index in [2.05, 4.69) is 116 Å². The zero-order valence-electron chi connectivity index (χ0n) is 22.6. The first-order valence-corrected chi connectivity index (χ1v) is 28.9. The molecule has 1 aromatic rings. The Morgan fingerprint density at radius 2 is 0.875 bits per heavy atom. The van der Waals surface area contributed by atoms with Crippen LogP contribution in [0.3, 0.4) is 0 Å². The zero-order chi connectivity index (χ0) is 25.2. The third-order valence-corrected chi connectivity index (χ3v) is 22.1. The fraction of sp³-hybridized carbons (Fsp3) is 0.619. The van der Waals surface area contributed by atoms with Crippen molar-refractivity contribution in [2.24, 2.45) is 0 Å². The molecule has 0 saturated heterocycles. The maximum absolute atomic E-state index is 7.09. The van der Waals surface area contributed by atoms with Gasteiger partial charge in [-0.2, -0.15) is 0 Å². The van der Waals surface area contributed by atoms with Gasteiger partial charge in [-0.05, 0) is 95.9 Å². The SMILES string of the molecule is C=Cc1ccc([Si](C)(O[Si](C)(C)C)O[Si](O[Si](C)(C)C)(O[Si](C)(C)C)O[Si](C)(C)C)cc1. The van der Waals surface area contributed by atoms with E-state index in [9.17, 15) is 0 Å². The van der Waals surface area contributed by atoms with E-state index in [1.54, 1.807) is 0 Å². The Kier molecular flexibility index (Phi) is 9.74. The average Bonchev–Trinajstić information content (AvgIpc) is 2.47. The van der Waals surface area contributed by atoms with Crippen molar-refractivity contribution >= 4 is 62.1 Å². The van der Waals surface area contributed by atoms with Crippen LogP contribution in [0.2, 0.25) is 85.1 Å². The predicted molar refractivity (Wildman–Crippen MR) is 152 cm³/mol. The summed E-state index contributed by atoms with van der Waals surface area (Å²) in [5.74, 6) is 0. The van der Waals surface area contributed by atoms with Crippen LogP contribution in [0.5, 0.6) is 0 Å². The predicted octanol–water partition coefficient (Wildman–Crippen LogP) is 6.47.